The summed E-state index contributed by atoms with van der Waals surface area (Å²) < 4.78 is 49.1. The molecule has 2 heterocycles. The van der Waals surface area contributed by atoms with Crippen LogP contribution in [0.1, 0.15) is 16.1 Å². The molecule has 0 unspecified atom stereocenters. The lowest BCUT2D eigenvalue weighted by Crippen LogP contribution is -2.14. The van der Waals surface area contributed by atoms with Crippen molar-refractivity contribution in [2.24, 2.45) is 0 Å². The normalized spacial score (nSPS) is 11.3. The minimum absolute atomic E-state index is 0.0117. The summed E-state index contributed by atoms with van der Waals surface area (Å²) in [5, 5.41) is 2.47. The number of nitrogens with zero attached hydrogens (tertiary/aromatic N) is 2. The van der Waals surface area contributed by atoms with E-state index in [-0.39, 0.29) is 17.9 Å². The van der Waals surface area contributed by atoms with Crippen LogP contribution in [-0.2, 0) is 10.9 Å². The highest BCUT2D eigenvalue weighted by molar-refractivity contribution is 7.13. The van der Waals surface area contributed by atoms with E-state index in [0.717, 1.165) is 17.1 Å². The largest absolute Gasteiger partial charge is 0.491 e. The third-order valence-electron chi connectivity index (χ3n) is 3.75. The van der Waals surface area contributed by atoms with Crippen LogP contribution >= 0.6 is 11.3 Å². The molecule has 2 aromatic heterocycles. The molecule has 0 aliphatic carbocycles. The highest BCUT2D eigenvalue weighted by Crippen LogP contribution is 2.30. The third-order valence-corrected chi connectivity index (χ3v) is 4.57. The Balaban J connectivity index is 1.87. The summed E-state index contributed by atoms with van der Waals surface area (Å²) in [6.45, 7) is 0.645. The molecule has 29 heavy (non-hydrogen) atoms. The number of amides is 1. The molecule has 0 aliphatic rings. The molecule has 10 heteroatoms. The van der Waals surface area contributed by atoms with Crippen LogP contribution in [0, 0.1) is 0 Å². The van der Waals surface area contributed by atoms with Crippen molar-refractivity contribution < 1.29 is 27.4 Å². The van der Waals surface area contributed by atoms with E-state index in [4.69, 9.17) is 9.47 Å². The number of pyridine rings is 1. The van der Waals surface area contributed by atoms with Crippen LogP contribution in [-0.4, -0.2) is 36.2 Å². The Hall–Kier alpha value is -2.98. The fourth-order valence-electron chi connectivity index (χ4n) is 2.42. The van der Waals surface area contributed by atoms with Gasteiger partial charge in [0.25, 0.3) is 5.91 Å². The van der Waals surface area contributed by atoms with Gasteiger partial charge < -0.3 is 14.8 Å². The van der Waals surface area contributed by atoms with Gasteiger partial charge in [0.15, 0.2) is 0 Å². The number of alkyl halides is 3. The molecule has 3 aromatic rings. The Kier molecular flexibility index (Phi) is 6.45. The van der Waals surface area contributed by atoms with Crippen LogP contribution in [0.4, 0.5) is 18.9 Å². The quantitative estimate of drug-likeness (QED) is 0.567. The molecule has 6 nitrogen and oxygen atoms in total. The predicted octanol–water partition coefficient (Wildman–Crippen LogP) is 4.50. The van der Waals surface area contributed by atoms with E-state index in [1.165, 1.54) is 23.5 Å². The van der Waals surface area contributed by atoms with Gasteiger partial charge in [0.05, 0.1) is 17.0 Å². The lowest BCUT2D eigenvalue weighted by Gasteiger charge is -2.12. The second kappa shape index (κ2) is 9.01. The summed E-state index contributed by atoms with van der Waals surface area (Å²) >= 11 is 1.39. The Bertz CT molecular complexity index is 978. The molecule has 0 fully saturated rings. The van der Waals surface area contributed by atoms with Crippen molar-refractivity contribution in [3.05, 3.63) is 59.5 Å². The van der Waals surface area contributed by atoms with Crippen molar-refractivity contribution in [1.82, 2.24) is 9.97 Å². The average Bonchev–Trinajstić information content (AvgIpc) is 3.22. The van der Waals surface area contributed by atoms with E-state index in [1.807, 2.05) is 0 Å². The van der Waals surface area contributed by atoms with Gasteiger partial charge in [0.2, 0.25) is 0 Å². The Labute approximate surface area is 168 Å². The molecule has 0 spiro atoms. The standard InChI is InChI=1S/C19H16F3N3O3S/c1-27-4-5-28-15-7-12(16-10-23-11-29-16)6-13(8-15)18(26)25-14-2-3-24-17(9-14)19(20,21)22/h2-3,6-11H,4-5H2,1H3,(H,24,25,26). The van der Waals surface area contributed by atoms with Crippen molar-refractivity contribution >= 4 is 22.9 Å². The van der Waals surface area contributed by atoms with Gasteiger partial charge in [-0.1, -0.05) is 0 Å². The van der Waals surface area contributed by atoms with Crippen LogP contribution in [0.5, 0.6) is 5.75 Å². The maximum atomic E-state index is 12.8. The van der Waals surface area contributed by atoms with E-state index in [0.29, 0.717) is 17.9 Å². The summed E-state index contributed by atoms with van der Waals surface area (Å²) in [5.41, 5.74) is 1.50. The summed E-state index contributed by atoms with van der Waals surface area (Å²) in [6.07, 6.45) is -1.96. The Morgan fingerprint density at radius 3 is 2.72 bits per heavy atom. The van der Waals surface area contributed by atoms with Gasteiger partial charge in [-0.3, -0.25) is 14.8 Å². The Morgan fingerprint density at radius 2 is 2.03 bits per heavy atom. The third kappa shape index (κ3) is 5.52. The van der Waals surface area contributed by atoms with E-state index in [1.54, 1.807) is 30.9 Å². The van der Waals surface area contributed by atoms with Crippen LogP contribution in [0.25, 0.3) is 10.4 Å². The molecule has 0 bridgehead atoms. The first-order valence-corrected chi connectivity index (χ1v) is 9.25. The first-order valence-electron chi connectivity index (χ1n) is 8.37. The van der Waals surface area contributed by atoms with Crippen molar-refractivity contribution in [3.8, 4) is 16.2 Å². The molecule has 0 saturated heterocycles. The second-order valence-electron chi connectivity index (χ2n) is 5.83. The molecule has 0 radical (unpaired) electrons. The molecular weight excluding hydrogens is 407 g/mol. The molecule has 1 N–H and O–H groups in total. The highest BCUT2D eigenvalue weighted by atomic mass is 32.1. The number of carbonyl (C=O) groups excluding carboxylic acids is 1. The molecule has 0 atom stereocenters. The van der Waals surface area contributed by atoms with Gasteiger partial charge in [-0.2, -0.15) is 13.2 Å². The molecule has 0 aliphatic heterocycles. The number of hydrogen-bond acceptors (Lipinski definition) is 6. The lowest BCUT2D eigenvalue weighted by molar-refractivity contribution is -0.141. The van der Waals surface area contributed by atoms with Crippen molar-refractivity contribution in [2.45, 2.75) is 6.18 Å². The van der Waals surface area contributed by atoms with E-state index >= 15 is 0 Å². The van der Waals surface area contributed by atoms with Crippen LogP contribution in [0.3, 0.4) is 0 Å². The zero-order chi connectivity index (χ0) is 20.9. The first kappa shape index (κ1) is 20.7. The minimum atomic E-state index is -4.60. The fourth-order valence-corrected chi connectivity index (χ4v) is 3.03. The average molecular weight is 423 g/mol. The number of benzene rings is 1. The number of thiazole rings is 1. The van der Waals surface area contributed by atoms with E-state index in [9.17, 15) is 18.0 Å². The van der Waals surface area contributed by atoms with Crippen molar-refractivity contribution in [1.29, 1.82) is 0 Å². The van der Waals surface area contributed by atoms with Gasteiger partial charge in [0.1, 0.15) is 18.1 Å². The lowest BCUT2D eigenvalue weighted by atomic mass is 10.1. The van der Waals surface area contributed by atoms with Gasteiger partial charge in [-0.05, 0) is 35.9 Å². The maximum Gasteiger partial charge on any atom is 0.433 e. The smallest absolute Gasteiger partial charge is 0.433 e. The predicted molar refractivity (Wildman–Crippen MR) is 102 cm³/mol. The molecule has 3 rings (SSSR count). The van der Waals surface area contributed by atoms with Crippen molar-refractivity contribution in [3.63, 3.8) is 0 Å². The van der Waals surface area contributed by atoms with Crippen LogP contribution < -0.4 is 10.1 Å². The van der Waals surface area contributed by atoms with Gasteiger partial charge in [-0.15, -0.1) is 11.3 Å². The molecule has 1 aromatic carbocycles. The molecule has 0 saturated carbocycles. The fraction of sp³-hybridized carbons (Fsp3) is 0.211. The van der Waals surface area contributed by atoms with Gasteiger partial charge in [0, 0.05) is 30.8 Å². The number of carbonyl (C=O) groups is 1. The number of hydrogen-bond donors (Lipinski definition) is 1. The maximum absolute atomic E-state index is 12.8. The first-order chi connectivity index (χ1) is 13.9. The summed E-state index contributed by atoms with van der Waals surface area (Å²) in [7, 11) is 1.54. The molecule has 152 valence electrons. The number of halogens is 3. The van der Waals surface area contributed by atoms with Gasteiger partial charge in [-0.25, -0.2) is 0 Å². The molecule has 1 amide bonds. The molecular formula is C19H16F3N3O3S. The SMILES string of the molecule is COCCOc1cc(C(=O)Nc2ccnc(C(F)(F)F)c2)cc(-c2cncs2)c1. The van der Waals surface area contributed by atoms with E-state index in [2.05, 4.69) is 15.3 Å². The number of aromatic nitrogens is 2. The topological polar surface area (TPSA) is 73.3 Å². The number of methoxy groups -OCH3 is 1. The summed E-state index contributed by atoms with van der Waals surface area (Å²) in [5.74, 6) is -0.143. The number of ether oxygens (including phenoxy) is 2. The Morgan fingerprint density at radius 1 is 1.21 bits per heavy atom. The summed E-state index contributed by atoms with van der Waals surface area (Å²) in [4.78, 5) is 20.8. The second-order valence-corrected chi connectivity index (χ2v) is 6.72. The number of nitrogens with one attached hydrogen (secondary N) is 1. The monoisotopic (exact) mass is 423 g/mol. The highest BCUT2D eigenvalue weighted by Gasteiger charge is 2.32. The number of rotatable bonds is 7. The minimum Gasteiger partial charge on any atom is -0.491 e. The zero-order valence-corrected chi connectivity index (χ0v) is 16.0. The van der Waals surface area contributed by atoms with Crippen LogP contribution in [0.15, 0.2) is 48.2 Å². The van der Waals surface area contributed by atoms with Crippen molar-refractivity contribution in [2.75, 3.05) is 25.6 Å². The zero-order valence-electron chi connectivity index (χ0n) is 15.2. The van der Waals surface area contributed by atoms with E-state index < -0.39 is 17.8 Å². The number of anilines is 1. The van der Waals surface area contributed by atoms with Gasteiger partial charge >= 0.3 is 6.18 Å². The van der Waals surface area contributed by atoms with Crippen LogP contribution in [0.2, 0.25) is 0 Å². The summed E-state index contributed by atoms with van der Waals surface area (Å²) in [6, 6.07) is 6.96.